The number of anilines is 2. The zero-order valence-corrected chi connectivity index (χ0v) is 25.7. The van der Waals surface area contributed by atoms with Gasteiger partial charge in [0.05, 0.1) is 18.2 Å². The number of hydrogen-bond donors (Lipinski definition) is 3. The minimum atomic E-state index is -0.536. The number of fused-ring (bicyclic) bond motifs is 1. The number of nitrogens with zero attached hydrogens (tertiary/aromatic N) is 2. The van der Waals surface area contributed by atoms with Crippen LogP contribution < -0.4 is 15.4 Å². The lowest BCUT2D eigenvalue weighted by Crippen LogP contribution is -2.49. The fourth-order valence-electron chi connectivity index (χ4n) is 5.46. The summed E-state index contributed by atoms with van der Waals surface area (Å²) in [5, 5.41) is 15.4. The highest BCUT2D eigenvalue weighted by atomic mass is 19.1. The van der Waals surface area contributed by atoms with E-state index in [2.05, 4.69) is 58.9 Å². The van der Waals surface area contributed by atoms with Gasteiger partial charge in [-0.3, -0.25) is 9.69 Å². The summed E-state index contributed by atoms with van der Waals surface area (Å²) in [6, 6.07) is 28.2. The predicted octanol–water partition coefficient (Wildman–Crippen LogP) is 6.49. The van der Waals surface area contributed by atoms with Crippen molar-refractivity contribution < 1.29 is 23.8 Å². The molecule has 5 rings (SSSR count). The van der Waals surface area contributed by atoms with Gasteiger partial charge in [0.25, 0.3) is 5.91 Å². The first-order valence-electron chi connectivity index (χ1n) is 15.1. The molecule has 0 unspecified atom stereocenters. The van der Waals surface area contributed by atoms with Crippen molar-refractivity contribution in [3.8, 4) is 16.9 Å². The molecule has 9 heteroatoms. The highest BCUT2D eigenvalue weighted by Gasteiger charge is 2.33. The molecule has 0 saturated heterocycles. The zero-order chi connectivity index (χ0) is 31.9. The molecule has 8 nitrogen and oxygen atoms in total. The Morgan fingerprint density at radius 3 is 2.31 bits per heavy atom. The topological polar surface area (TPSA) is 94.1 Å². The second kappa shape index (κ2) is 14.4. The molecule has 3 amide bonds. The van der Waals surface area contributed by atoms with Crippen LogP contribution in [0.2, 0.25) is 0 Å². The molecule has 0 spiro atoms. The number of ether oxygens (including phenoxy) is 1. The predicted molar refractivity (Wildman–Crippen MR) is 175 cm³/mol. The smallest absolute Gasteiger partial charge is 0.323 e. The maximum absolute atomic E-state index is 13.8. The molecule has 1 aliphatic rings. The standard InChI is InChI=1S/C36H39FN4O4/c1-24-20-41(25(2)23-42)35(43)32-19-31(39-36(44)38-30-15-13-29(37)14-16-30)17-18-33(32)45-34(24)22-40(3)21-26-9-11-28(12-10-26)27-7-5-4-6-8-27/h4-19,24-25,34,42H,20-23H2,1-3H3,(H2,38,39,44)/t24-,25+,34+/m1/s1. The highest BCUT2D eigenvalue weighted by Crippen LogP contribution is 2.31. The Balaban J connectivity index is 1.32. The molecule has 4 aromatic carbocycles. The van der Waals surface area contributed by atoms with Crippen molar-refractivity contribution in [1.82, 2.24) is 9.80 Å². The summed E-state index contributed by atoms with van der Waals surface area (Å²) < 4.78 is 19.8. The van der Waals surface area contributed by atoms with Gasteiger partial charge in [-0.25, -0.2) is 9.18 Å². The van der Waals surface area contributed by atoms with Gasteiger partial charge in [-0.2, -0.15) is 0 Å². The number of aliphatic hydroxyl groups is 1. The molecule has 0 fully saturated rings. The maximum Gasteiger partial charge on any atom is 0.323 e. The monoisotopic (exact) mass is 610 g/mol. The average molecular weight is 611 g/mol. The Morgan fingerprint density at radius 2 is 1.62 bits per heavy atom. The number of aliphatic hydroxyl groups excluding tert-OH is 1. The number of likely N-dealkylation sites (N-methyl/N-ethyl adjacent to an activating group) is 1. The molecule has 234 valence electrons. The molecular formula is C36H39FN4O4. The normalized spacial score (nSPS) is 17.1. The van der Waals surface area contributed by atoms with E-state index < -0.39 is 17.9 Å². The first-order valence-corrected chi connectivity index (χ1v) is 15.1. The third-order valence-electron chi connectivity index (χ3n) is 8.03. The third-order valence-corrected chi connectivity index (χ3v) is 8.03. The second-order valence-corrected chi connectivity index (χ2v) is 11.7. The Morgan fingerprint density at radius 1 is 0.978 bits per heavy atom. The van der Waals surface area contributed by atoms with Crippen molar-refractivity contribution in [3.05, 3.63) is 114 Å². The largest absolute Gasteiger partial charge is 0.488 e. The van der Waals surface area contributed by atoms with Crippen molar-refractivity contribution in [3.63, 3.8) is 0 Å². The maximum atomic E-state index is 13.8. The molecule has 0 bridgehead atoms. The molecule has 3 atom stereocenters. The van der Waals surface area contributed by atoms with E-state index in [1.165, 1.54) is 41.0 Å². The zero-order valence-electron chi connectivity index (χ0n) is 25.7. The van der Waals surface area contributed by atoms with E-state index in [0.717, 1.165) is 6.54 Å². The number of urea groups is 1. The van der Waals surface area contributed by atoms with Crippen molar-refractivity contribution in [1.29, 1.82) is 0 Å². The number of halogens is 1. The first-order chi connectivity index (χ1) is 21.7. The van der Waals surface area contributed by atoms with Crippen LogP contribution in [0.15, 0.2) is 97.1 Å². The number of rotatable bonds is 9. The van der Waals surface area contributed by atoms with Crippen LogP contribution in [0.5, 0.6) is 5.75 Å². The summed E-state index contributed by atoms with van der Waals surface area (Å²) in [6.45, 7) is 5.40. The minimum Gasteiger partial charge on any atom is -0.488 e. The molecule has 0 aliphatic carbocycles. The average Bonchev–Trinajstić information content (AvgIpc) is 3.04. The molecule has 0 radical (unpaired) electrons. The Bertz CT molecular complexity index is 1600. The second-order valence-electron chi connectivity index (χ2n) is 11.7. The number of benzene rings is 4. The third kappa shape index (κ3) is 8.06. The molecule has 1 aliphatic heterocycles. The van der Waals surface area contributed by atoms with E-state index in [1.807, 2.05) is 32.2 Å². The van der Waals surface area contributed by atoms with E-state index >= 15 is 0 Å². The minimum absolute atomic E-state index is 0.0294. The summed E-state index contributed by atoms with van der Waals surface area (Å²) in [4.78, 5) is 30.3. The number of nitrogens with one attached hydrogen (secondary N) is 2. The van der Waals surface area contributed by atoms with Crippen molar-refractivity contribution >= 4 is 23.3 Å². The highest BCUT2D eigenvalue weighted by molar-refractivity contribution is 6.02. The molecular weight excluding hydrogens is 571 g/mol. The van der Waals surface area contributed by atoms with Crippen LogP contribution in [0.4, 0.5) is 20.6 Å². The fraction of sp³-hybridized carbons (Fsp3) is 0.278. The van der Waals surface area contributed by atoms with Gasteiger partial charge >= 0.3 is 6.03 Å². The summed E-state index contributed by atoms with van der Waals surface area (Å²) in [5.41, 5.74) is 4.64. The summed E-state index contributed by atoms with van der Waals surface area (Å²) in [7, 11) is 2.05. The Kier molecular flexibility index (Phi) is 10.1. The number of carbonyl (C=O) groups is 2. The van der Waals surface area contributed by atoms with Crippen LogP contribution in [0.25, 0.3) is 11.1 Å². The lowest BCUT2D eigenvalue weighted by Gasteiger charge is -2.38. The van der Waals surface area contributed by atoms with Crippen molar-refractivity contribution in [2.75, 3.05) is 37.4 Å². The number of carbonyl (C=O) groups excluding carboxylic acids is 2. The van der Waals surface area contributed by atoms with Crippen LogP contribution in [0, 0.1) is 11.7 Å². The fourth-order valence-corrected chi connectivity index (χ4v) is 5.46. The van der Waals surface area contributed by atoms with E-state index in [4.69, 9.17) is 4.74 Å². The molecule has 45 heavy (non-hydrogen) atoms. The lowest BCUT2D eigenvalue weighted by atomic mass is 9.99. The number of hydrogen-bond acceptors (Lipinski definition) is 5. The van der Waals surface area contributed by atoms with E-state index in [1.54, 1.807) is 23.1 Å². The van der Waals surface area contributed by atoms with Crippen LogP contribution in [0.3, 0.4) is 0 Å². The molecule has 1 heterocycles. The van der Waals surface area contributed by atoms with Gasteiger partial charge in [-0.05, 0) is 73.1 Å². The van der Waals surface area contributed by atoms with Gasteiger partial charge in [0.15, 0.2) is 0 Å². The van der Waals surface area contributed by atoms with Gasteiger partial charge in [-0.15, -0.1) is 0 Å². The van der Waals surface area contributed by atoms with Crippen LogP contribution in [0.1, 0.15) is 29.8 Å². The van der Waals surface area contributed by atoms with Gasteiger partial charge in [-0.1, -0.05) is 61.5 Å². The van der Waals surface area contributed by atoms with Crippen LogP contribution in [-0.2, 0) is 6.54 Å². The van der Waals surface area contributed by atoms with Crippen LogP contribution in [-0.4, -0.2) is 65.7 Å². The summed E-state index contributed by atoms with van der Waals surface area (Å²) >= 11 is 0. The quantitative estimate of drug-likeness (QED) is 0.202. The molecule has 0 aromatic heterocycles. The van der Waals surface area contributed by atoms with Crippen molar-refractivity contribution in [2.45, 2.75) is 32.5 Å². The molecule has 0 saturated carbocycles. The van der Waals surface area contributed by atoms with E-state index in [0.29, 0.717) is 35.8 Å². The van der Waals surface area contributed by atoms with Crippen LogP contribution >= 0.6 is 0 Å². The van der Waals surface area contributed by atoms with Gasteiger partial charge in [0.2, 0.25) is 0 Å². The SMILES string of the molecule is C[C@@H]1CN([C@@H](C)CO)C(=O)c2cc(NC(=O)Nc3ccc(F)cc3)ccc2O[C@H]1CN(C)Cc1ccc(-c2ccccc2)cc1. The first kappa shape index (κ1) is 31.7. The van der Waals surface area contributed by atoms with Crippen molar-refractivity contribution in [2.24, 2.45) is 5.92 Å². The van der Waals surface area contributed by atoms with E-state index in [9.17, 15) is 19.1 Å². The van der Waals surface area contributed by atoms with Gasteiger partial charge < -0.3 is 25.4 Å². The summed E-state index contributed by atoms with van der Waals surface area (Å²) in [6.07, 6.45) is -0.251. The Hall–Kier alpha value is -4.73. The summed E-state index contributed by atoms with van der Waals surface area (Å²) in [5.74, 6) is -0.305. The molecule has 4 aromatic rings. The Labute approximate surface area is 263 Å². The lowest BCUT2D eigenvalue weighted by molar-refractivity contribution is 0.0341. The van der Waals surface area contributed by atoms with E-state index in [-0.39, 0.29) is 24.5 Å². The van der Waals surface area contributed by atoms with Gasteiger partial charge in [0, 0.05) is 36.9 Å². The number of amides is 3. The van der Waals surface area contributed by atoms with Gasteiger partial charge in [0.1, 0.15) is 17.7 Å². The molecule has 3 N–H and O–H groups in total.